The summed E-state index contributed by atoms with van der Waals surface area (Å²) in [5, 5.41) is 15.2. The summed E-state index contributed by atoms with van der Waals surface area (Å²) < 4.78 is 1.95. The third kappa shape index (κ3) is 6.41. The first-order chi connectivity index (χ1) is 15.8. The van der Waals surface area contributed by atoms with Crippen LogP contribution in [-0.2, 0) is 11.3 Å². The van der Waals surface area contributed by atoms with Crippen molar-refractivity contribution in [2.75, 3.05) is 11.1 Å². The Bertz CT molecular complexity index is 1130. The number of rotatable bonds is 9. The number of aryl methyl sites for hydroxylation is 2. The molecule has 2 amide bonds. The van der Waals surface area contributed by atoms with E-state index < -0.39 is 0 Å². The van der Waals surface area contributed by atoms with Crippen LogP contribution in [0.2, 0.25) is 0 Å². The van der Waals surface area contributed by atoms with E-state index in [9.17, 15) is 9.59 Å². The zero-order valence-electron chi connectivity index (χ0n) is 19.6. The van der Waals surface area contributed by atoms with Gasteiger partial charge in [0.15, 0.2) is 11.0 Å². The zero-order valence-corrected chi connectivity index (χ0v) is 20.4. The van der Waals surface area contributed by atoms with Gasteiger partial charge in [0.2, 0.25) is 5.91 Å². The van der Waals surface area contributed by atoms with Crippen LogP contribution in [0.15, 0.2) is 47.6 Å². The van der Waals surface area contributed by atoms with Gasteiger partial charge in [-0.15, -0.1) is 10.2 Å². The van der Waals surface area contributed by atoms with E-state index >= 15 is 0 Å². The van der Waals surface area contributed by atoms with Crippen LogP contribution in [-0.4, -0.2) is 37.3 Å². The molecule has 33 heavy (non-hydrogen) atoms. The summed E-state index contributed by atoms with van der Waals surface area (Å²) in [5.74, 6) is 1.16. The monoisotopic (exact) mass is 466 g/mol. The number of anilines is 1. The Balaban J connectivity index is 1.71. The summed E-state index contributed by atoms with van der Waals surface area (Å²) in [6.45, 7) is 10.5. The second-order valence-corrected chi connectivity index (χ2v) is 9.09. The lowest BCUT2D eigenvalue weighted by atomic mass is 10.0. The number of carbonyl (C=O) groups excluding carboxylic acids is 2. The van der Waals surface area contributed by atoms with E-state index in [4.69, 9.17) is 0 Å². The summed E-state index contributed by atoms with van der Waals surface area (Å²) in [4.78, 5) is 29.6. The number of hydrogen-bond donors (Lipinski definition) is 2. The Labute approximate surface area is 198 Å². The predicted molar refractivity (Wildman–Crippen MR) is 130 cm³/mol. The molecule has 8 nitrogen and oxygen atoms in total. The van der Waals surface area contributed by atoms with Gasteiger partial charge in [-0.25, -0.2) is 4.98 Å². The maximum atomic E-state index is 12.9. The molecular weight excluding hydrogens is 436 g/mol. The molecule has 3 aromatic rings. The number of thioether (sulfide) groups is 1. The Morgan fingerprint density at radius 1 is 1.09 bits per heavy atom. The van der Waals surface area contributed by atoms with Crippen LogP contribution < -0.4 is 10.6 Å². The molecule has 0 radical (unpaired) electrons. The van der Waals surface area contributed by atoms with Crippen LogP contribution in [0.5, 0.6) is 0 Å². The molecule has 174 valence electrons. The first-order valence-corrected chi connectivity index (χ1v) is 11.9. The summed E-state index contributed by atoms with van der Waals surface area (Å²) in [6.07, 6.45) is 0. The fraction of sp³-hybridized carbons (Fsp3) is 0.375. The second-order valence-electron chi connectivity index (χ2n) is 8.15. The van der Waals surface area contributed by atoms with Crippen LogP contribution in [0.1, 0.15) is 54.3 Å². The number of benzene rings is 1. The summed E-state index contributed by atoms with van der Waals surface area (Å²) >= 11 is 1.31. The fourth-order valence-corrected chi connectivity index (χ4v) is 4.21. The number of aromatic nitrogens is 4. The van der Waals surface area contributed by atoms with Crippen LogP contribution in [0.4, 0.5) is 5.82 Å². The van der Waals surface area contributed by atoms with Crippen molar-refractivity contribution in [3.8, 4) is 0 Å². The summed E-state index contributed by atoms with van der Waals surface area (Å²) in [6, 6.07) is 12.7. The summed E-state index contributed by atoms with van der Waals surface area (Å²) in [7, 11) is 0. The average Bonchev–Trinajstić information content (AvgIpc) is 3.18. The van der Waals surface area contributed by atoms with Crippen molar-refractivity contribution < 1.29 is 9.59 Å². The lowest BCUT2D eigenvalue weighted by Crippen LogP contribution is -2.33. The SMILES string of the molecule is CCn1c(SCC(=O)Nc2cccc(C)n2)nnc1[C@@H](NC(=O)c1cccc(C)c1)C(C)C. The number of pyridine rings is 1. The molecule has 0 spiro atoms. The van der Waals surface area contributed by atoms with Gasteiger partial charge in [0.25, 0.3) is 5.91 Å². The maximum absolute atomic E-state index is 12.9. The Hall–Kier alpha value is -3.20. The second kappa shape index (κ2) is 11.1. The minimum absolute atomic E-state index is 0.0989. The van der Waals surface area contributed by atoms with E-state index in [-0.39, 0.29) is 29.5 Å². The molecule has 0 aliphatic rings. The van der Waals surface area contributed by atoms with E-state index in [1.165, 1.54) is 11.8 Å². The average molecular weight is 467 g/mol. The van der Waals surface area contributed by atoms with Crippen molar-refractivity contribution in [2.24, 2.45) is 5.92 Å². The van der Waals surface area contributed by atoms with Crippen molar-refractivity contribution in [1.29, 1.82) is 0 Å². The molecule has 2 heterocycles. The van der Waals surface area contributed by atoms with E-state index in [1.807, 2.05) is 69.5 Å². The van der Waals surface area contributed by atoms with Crippen LogP contribution in [0.3, 0.4) is 0 Å². The van der Waals surface area contributed by atoms with Gasteiger partial charge in [0, 0.05) is 17.8 Å². The lowest BCUT2D eigenvalue weighted by Gasteiger charge is -2.22. The van der Waals surface area contributed by atoms with Crippen LogP contribution in [0.25, 0.3) is 0 Å². The van der Waals surface area contributed by atoms with Crippen molar-refractivity contribution in [3.05, 3.63) is 65.1 Å². The first kappa shape index (κ1) is 24.4. The molecule has 0 aliphatic carbocycles. The highest BCUT2D eigenvalue weighted by Gasteiger charge is 2.26. The number of hydrogen-bond acceptors (Lipinski definition) is 6. The molecule has 2 N–H and O–H groups in total. The van der Waals surface area contributed by atoms with Gasteiger partial charge in [-0.3, -0.25) is 9.59 Å². The number of carbonyl (C=O) groups is 2. The first-order valence-electron chi connectivity index (χ1n) is 11.0. The Kier molecular flexibility index (Phi) is 8.21. The minimum atomic E-state index is -0.315. The molecule has 3 rings (SSSR count). The smallest absolute Gasteiger partial charge is 0.251 e. The van der Waals surface area contributed by atoms with E-state index in [2.05, 4.69) is 25.8 Å². The minimum Gasteiger partial charge on any atom is -0.342 e. The third-order valence-electron chi connectivity index (χ3n) is 5.06. The van der Waals surface area contributed by atoms with Gasteiger partial charge in [-0.05, 0) is 51.0 Å². The third-order valence-corrected chi connectivity index (χ3v) is 6.03. The van der Waals surface area contributed by atoms with E-state index in [0.717, 1.165) is 11.3 Å². The van der Waals surface area contributed by atoms with Gasteiger partial charge in [-0.1, -0.05) is 49.4 Å². The molecular formula is C24H30N6O2S. The molecule has 0 saturated carbocycles. The fourth-order valence-electron chi connectivity index (χ4n) is 3.40. The molecule has 1 atom stereocenters. The highest BCUT2D eigenvalue weighted by atomic mass is 32.2. The summed E-state index contributed by atoms with van der Waals surface area (Å²) in [5.41, 5.74) is 2.47. The largest absolute Gasteiger partial charge is 0.342 e. The van der Waals surface area contributed by atoms with Gasteiger partial charge in [0.05, 0.1) is 11.8 Å². The Morgan fingerprint density at radius 3 is 2.52 bits per heavy atom. The molecule has 0 saturated heterocycles. The molecule has 9 heteroatoms. The van der Waals surface area contributed by atoms with Gasteiger partial charge >= 0.3 is 0 Å². The molecule has 0 unspecified atom stereocenters. The van der Waals surface area contributed by atoms with E-state index in [1.54, 1.807) is 12.1 Å². The molecule has 0 bridgehead atoms. The normalized spacial score (nSPS) is 11.9. The van der Waals surface area contributed by atoms with Gasteiger partial charge in [0.1, 0.15) is 5.82 Å². The quantitative estimate of drug-likeness (QED) is 0.459. The standard InChI is InChI=1S/C24H30N6O2S/c1-6-30-22(21(15(2)3)27-23(32)18-11-7-9-16(4)13-18)28-29-24(30)33-14-20(31)26-19-12-8-10-17(5)25-19/h7-13,15,21H,6,14H2,1-5H3,(H,27,32)(H,25,26,31)/t21-/m0/s1. The van der Waals surface area contributed by atoms with Crippen molar-refractivity contribution in [2.45, 2.75) is 52.4 Å². The predicted octanol–water partition coefficient (Wildman–Crippen LogP) is 4.17. The molecule has 0 fully saturated rings. The molecule has 0 aliphatic heterocycles. The van der Waals surface area contributed by atoms with Crippen molar-refractivity contribution in [1.82, 2.24) is 25.1 Å². The molecule has 2 aromatic heterocycles. The number of amides is 2. The van der Waals surface area contributed by atoms with Crippen molar-refractivity contribution in [3.63, 3.8) is 0 Å². The lowest BCUT2D eigenvalue weighted by molar-refractivity contribution is -0.113. The van der Waals surface area contributed by atoms with Crippen LogP contribution in [0, 0.1) is 19.8 Å². The zero-order chi connectivity index (χ0) is 24.0. The van der Waals surface area contributed by atoms with Gasteiger partial charge in [-0.2, -0.15) is 0 Å². The number of nitrogens with zero attached hydrogens (tertiary/aromatic N) is 4. The highest BCUT2D eigenvalue weighted by molar-refractivity contribution is 7.99. The molecule has 1 aromatic carbocycles. The van der Waals surface area contributed by atoms with Crippen molar-refractivity contribution >= 4 is 29.4 Å². The number of nitrogens with one attached hydrogen (secondary N) is 2. The topological polar surface area (TPSA) is 102 Å². The maximum Gasteiger partial charge on any atom is 0.251 e. The van der Waals surface area contributed by atoms with E-state index in [0.29, 0.717) is 28.9 Å². The highest BCUT2D eigenvalue weighted by Crippen LogP contribution is 2.25. The van der Waals surface area contributed by atoms with Crippen LogP contribution >= 0.6 is 11.8 Å². The van der Waals surface area contributed by atoms with Gasteiger partial charge < -0.3 is 15.2 Å². The Morgan fingerprint density at radius 2 is 1.85 bits per heavy atom.